The number of nitrogens with zero attached hydrogens (tertiary/aromatic N) is 2. The second-order valence-electron chi connectivity index (χ2n) is 3.96. The molecular formula is C12H10BrIN4O2. The number of aromatic amines is 1. The van der Waals surface area contributed by atoms with E-state index < -0.39 is 5.91 Å². The molecule has 0 saturated heterocycles. The number of H-pyrrole nitrogens is 1. The molecule has 0 saturated carbocycles. The van der Waals surface area contributed by atoms with Gasteiger partial charge in [-0.05, 0) is 47.7 Å². The summed E-state index contributed by atoms with van der Waals surface area (Å²) in [6, 6.07) is 5.09. The zero-order valence-electron chi connectivity index (χ0n) is 10.3. The van der Waals surface area contributed by atoms with Crippen molar-refractivity contribution in [1.29, 1.82) is 0 Å². The number of hydrazone groups is 1. The SMILES string of the molecule is Cc1cc(C(=O)N/N=C\c2cc(Br)cc(I)c2O)n[nH]1. The van der Waals surface area contributed by atoms with Gasteiger partial charge in [0.15, 0.2) is 5.69 Å². The standard InChI is InChI=1S/C12H10BrIN4O2/c1-6-2-10(17-16-6)12(20)18-15-5-7-3-8(13)4-9(14)11(7)19/h2-5,19H,1H3,(H,16,17)(H,18,20)/b15-5-. The number of nitrogens with one attached hydrogen (secondary N) is 2. The van der Waals surface area contributed by atoms with Crippen LogP contribution in [0.1, 0.15) is 21.7 Å². The number of carbonyl (C=O) groups excluding carboxylic acids is 1. The lowest BCUT2D eigenvalue weighted by atomic mass is 10.2. The Balaban J connectivity index is 2.09. The summed E-state index contributed by atoms with van der Waals surface area (Å²) in [6.45, 7) is 1.80. The van der Waals surface area contributed by atoms with Gasteiger partial charge in [0.25, 0.3) is 5.91 Å². The van der Waals surface area contributed by atoms with Crippen molar-refractivity contribution in [3.05, 3.63) is 43.2 Å². The number of benzene rings is 1. The Kier molecular flexibility index (Phi) is 4.76. The van der Waals surface area contributed by atoms with Crippen molar-refractivity contribution >= 4 is 50.6 Å². The Bertz CT molecular complexity index is 684. The maximum Gasteiger partial charge on any atom is 0.291 e. The minimum atomic E-state index is -0.421. The van der Waals surface area contributed by atoms with E-state index in [1.54, 1.807) is 25.1 Å². The van der Waals surface area contributed by atoms with Crippen LogP contribution < -0.4 is 5.43 Å². The third-order valence-electron chi connectivity index (χ3n) is 2.37. The van der Waals surface area contributed by atoms with E-state index in [1.165, 1.54) is 6.21 Å². The van der Waals surface area contributed by atoms with Crippen LogP contribution in [0.4, 0.5) is 0 Å². The number of phenolic OH excluding ortho intramolecular Hbond substituents is 1. The van der Waals surface area contributed by atoms with Crippen LogP contribution in [0.3, 0.4) is 0 Å². The summed E-state index contributed by atoms with van der Waals surface area (Å²) in [4.78, 5) is 11.7. The van der Waals surface area contributed by atoms with Gasteiger partial charge in [0.1, 0.15) is 5.75 Å². The first kappa shape index (κ1) is 15.0. The molecule has 1 heterocycles. The smallest absolute Gasteiger partial charge is 0.291 e. The predicted molar refractivity (Wildman–Crippen MR) is 86.9 cm³/mol. The highest BCUT2D eigenvalue weighted by molar-refractivity contribution is 14.1. The van der Waals surface area contributed by atoms with E-state index in [0.29, 0.717) is 9.13 Å². The molecule has 3 N–H and O–H groups in total. The van der Waals surface area contributed by atoms with Crippen molar-refractivity contribution < 1.29 is 9.90 Å². The second-order valence-corrected chi connectivity index (χ2v) is 6.04. The van der Waals surface area contributed by atoms with Gasteiger partial charge < -0.3 is 5.11 Å². The fourth-order valence-corrected chi connectivity index (χ4v) is 2.99. The number of aryl methyl sites for hydroxylation is 1. The lowest BCUT2D eigenvalue weighted by molar-refractivity contribution is 0.0950. The fourth-order valence-electron chi connectivity index (χ4n) is 1.44. The maximum absolute atomic E-state index is 11.7. The molecule has 104 valence electrons. The lowest BCUT2D eigenvalue weighted by Crippen LogP contribution is -2.18. The number of amides is 1. The van der Waals surface area contributed by atoms with Gasteiger partial charge in [-0.2, -0.15) is 10.2 Å². The van der Waals surface area contributed by atoms with Gasteiger partial charge in [0, 0.05) is 15.7 Å². The summed E-state index contributed by atoms with van der Waals surface area (Å²) < 4.78 is 1.50. The molecule has 2 rings (SSSR count). The molecule has 0 aliphatic heterocycles. The highest BCUT2D eigenvalue weighted by Gasteiger charge is 2.08. The quantitative estimate of drug-likeness (QED) is 0.383. The highest BCUT2D eigenvalue weighted by Crippen LogP contribution is 2.27. The van der Waals surface area contributed by atoms with Gasteiger partial charge >= 0.3 is 0 Å². The van der Waals surface area contributed by atoms with E-state index >= 15 is 0 Å². The van der Waals surface area contributed by atoms with Crippen LogP contribution in [0.5, 0.6) is 5.75 Å². The van der Waals surface area contributed by atoms with Crippen LogP contribution in [-0.4, -0.2) is 27.4 Å². The predicted octanol–water partition coefficient (Wildman–Crippen LogP) is 2.55. The molecule has 6 nitrogen and oxygen atoms in total. The Morgan fingerprint density at radius 2 is 2.30 bits per heavy atom. The normalized spacial score (nSPS) is 10.9. The van der Waals surface area contributed by atoms with E-state index in [4.69, 9.17) is 0 Å². The van der Waals surface area contributed by atoms with Crippen molar-refractivity contribution in [3.63, 3.8) is 0 Å². The van der Waals surface area contributed by atoms with Crippen LogP contribution in [0, 0.1) is 10.5 Å². The fraction of sp³-hybridized carbons (Fsp3) is 0.0833. The number of aromatic nitrogens is 2. The zero-order chi connectivity index (χ0) is 14.7. The van der Waals surface area contributed by atoms with E-state index in [1.807, 2.05) is 22.6 Å². The summed E-state index contributed by atoms with van der Waals surface area (Å²) in [5, 5.41) is 20.2. The average molecular weight is 449 g/mol. The van der Waals surface area contributed by atoms with Crippen molar-refractivity contribution in [2.75, 3.05) is 0 Å². The minimum Gasteiger partial charge on any atom is -0.506 e. The summed E-state index contributed by atoms with van der Waals surface area (Å²) in [5.41, 5.74) is 3.90. The molecule has 0 aliphatic carbocycles. The molecule has 0 atom stereocenters. The van der Waals surface area contributed by atoms with Gasteiger partial charge in [-0.3, -0.25) is 9.89 Å². The van der Waals surface area contributed by atoms with E-state index in [2.05, 4.69) is 36.7 Å². The first-order valence-electron chi connectivity index (χ1n) is 5.51. The summed E-state index contributed by atoms with van der Waals surface area (Å²) >= 11 is 5.34. The van der Waals surface area contributed by atoms with Crippen LogP contribution in [0.2, 0.25) is 0 Å². The van der Waals surface area contributed by atoms with Crippen LogP contribution in [-0.2, 0) is 0 Å². The van der Waals surface area contributed by atoms with Gasteiger partial charge in [0.05, 0.1) is 9.78 Å². The monoisotopic (exact) mass is 448 g/mol. The first-order valence-corrected chi connectivity index (χ1v) is 7.38. The molecular weight excluding hydrogens is 439 g/mol. The number of rotatable bonds is 3. The van der Waals surface area contributed by atoms with Crippen molar-refractivity contribution in [3.8, 4) is 5.75 Å². The van der Waals surface area contributed by atoms with Crippen LogP contribution in [0.15, 0.2) is 27.8 Å². The Morgan fingerprint density at radius 1 is 1.55 bits per heavy atom. The number of halogens is 2. The van der Waals surface area contributed by atoms with Gasteiger partial charge in [-0.15, -0.1) is 0 Å². The number of aromatic hydroxyl groups is 1. The van der Waals surface area contributed by atoms with Crippen LogP contribution in [0.25, 0.3) is 0 Å². The molecule has 1 amide bonds. The summed E-state index contributed by atoms with van der Waals surface area (Å²) in [5.74, 6) is -0.308. The third kappa shape index (κ3) is 3.57. The summed E-state index contributed by atoms with van der Waals surface area (Å²) in [6.07, 6.45) is 1.37. The molecule has 8 heteroatoms. The van der Waals surface area contributed by atoms with Crippen molar-refractivity contribution in [2.45, 2.75) is 6.92 Å². The largest absolute Gasteiger partial charge is 0.506 e. The lowest BCUT2D eigenvalue weighted by Gasteiger charge is -2.02. The molecule has 0 radical (unpaired) electrons. The highest BCUT2D eigenvalue weighted by atomic mass is 127. The number of hydrogen-bond donors (Lipinski definition) is 3. The molecule has 0 spiro atoms. The Labute approximate surface area is 136 Å². The molecule has 1 aromatic carbocycles. The number of phenols is 1. The second kappa shape index (κ2) is 6.35. The average Bonchev–Trinajstić information content (AvgIpc) is 2.81. The molecule has 20 heavy (non-hydrogen) atoms. The number of carbonyl (C=O) groups is 1. The van der Waals surface area contributed by atoms with E-state index in [0.717, 1.165) is 10.2 Å². The minimum absolute atomic E-state index is 0.113. The molecule has 1 aromatic heterocycles. The van der Waals surface area contributed by atoms with E-state index in [-0.39, 0.29) is 11.4 Å². The molecule has 0 bridgehead atoms. The molecule has 2 aromatic rings. The molecule has 0 aliphatic rings. The topological polar surface area (TPSA) is 90.4 Å². The van der Waals surface area contributed by atoms with Gasteiger partial charge in [-0.25, -0.2) is 5.43 Å². The third-order valence-corrected chi connectivity index (χ3v) is 3.65. The Morgan fingerprint density at radius 3 is 2.95 bits per heavy atom. The number of hydrogen-bond acceptors (Lipinski definition) is 4. The molecule has 0 fully saturated rings. The van der Waals surface area contributed by atoms with Gasteiger partial charge in [0.2, 0.25) is 0 Å². The van der Waals surface area contributed by atoms with Crippen molar-refractivity contribution in [1.82, 2.24) is 15.6 Å². The summed E-state index contributed by atoms with van der Waals surface area (Å²) in [7, 11) is 0. The maximum atomic E-state index is 11.7. The molecule has 0 unspecified atom stereocenters. The Hall–Kier alpha value is -1.42. The van der Waals surface area contributed by atoms with E-state index in [9.17, 15) is 9.90 Å². The zero-order valence-corrected chi connectivity index (χ0v) is 14.1. The van der Waals surface area contributed by atoms with Crippen LogP contribution >= 0.6 is 38.5 Å². The van der Waals surface area contributed by atoms with Gasteiger partial charge in [-0.1, -0.05) is 15.9 Å². The first-order chi connectivity index (χ1) is 9.47. The van der Waals surface area contributed by atoms with Crippen molar-refractivity contribution in [2.24, 2.45) is 5.10 Å².